The Labute approximate surface area is 160 Å². The van der Waals surface area contributed by atoms with Gasteiger partial charge in [0.25, 0.3) is 5.91 Å². The van der Waals surface area contributed by atoms with E-state index in [1.54, 1.807) is 6.20 Å². The fraction of sp³-hybridized carbons (Fsp3) is 0.150. The second-order valence-corrected chi connectivity index (χ2v) is 7.02. The summed E-state index contributed by atoms with van der Waals surface area (Å²) in [6.07, 6.45) is 1.73. The van der Waals surface area contributed by atoms with E-state index in [2.05, 4.69) is 20.5 Å². The number of rotatable bonds is 5. The van der Waals surface area contributed by atoms with Gasteiger partial charge in [0.15, 0.2) is 0 Å². The molecule has 136 valence electrons. The van der Waals surface area contributed by atoms with Crippen LogP contribution < -0.4 is 10.1 Å². The number of anilines is 1. The number of aromatic amines is 1. The van der Waals surface area contributed by atoms with Crippen LogP contribution in [0.4, 0.5) is 5.69 Å². The number of benzene rings is 2. The number of fused-ring (bicyclic) bond motifs is 1. The lowest BCUT2D eigenvalue weighted by Gasteiger charge is -2.04. The monoisotopic (exact) mass is 378 g/mol. The standard InChI is InChI=1S/C20H18N4O2S/c1-3-26-16-7-4-13(5-8-16)20-22-12(2)18(27-20)19(25)23-15-6-9-17-14(10-15)11-21-24-17/h4-11H,3H2,1-2H3,(H,21,24)(H,23,25). The molecule has 6 nitrogen and oxygen atoms in total. The molecular weight excluding hydrogens is 360 g/mol. The number of nitrogens with zero attached hydrogens (tertiary/aromatic N) is 2. The molecule has 2 aromatic carbocycles. The van der Waals surface area contributed by atoms with E-state index in [0.29, 0.717) is 17.2 Å². The van der Waals surface area contributed by atoms with Crippen LogP contribution in [-0.2, 0) is 0 Å². The molecule has 0 aliphatic carbocycles. The zero-order chi connectivity index (χ0) is 18.8. The van der Waals surface area contributed by atoms with E-state index in [0.717, 1.165) is 32.9 Å². The quantitative estimate of drug-likeness (QED) is 0.530. The van der Waals surface area contributed by atoms with Crippen molar-refractivity contribution in [1.29, 1.82) is 0 Å². The number of hydrogen-bond donors (Lipinski definition) is 2. The van der Waals surface area contributed by atoms with Crippen LogP contribution in [0.1, 0.15) is 22.3 Å². The van der Waals surface area contributed by atoms with Crippen molar-refractivity contribution in [1.82, 2.24) is 15.2 Å². The molecule has 2 aromatic heterocycles. The van der Waals surface area contributed by atoms with E-state index in [9.17, 15) is 4.79 Å². The lowest BCUT2D eigenvalue weighted by Crippen LogP contribution is -2.11. The first-order chi connectivity index (χ1) is 13.1. The molecule has 1 amide bonds. The summed E-state index contributed by atoms with van der Waals surface area (Å²) in [5, 5.41) is 11.6. The van der Waals surface area contributed by atoms with Crippen molar-refractivity contribution in [3.05, 3.63) is 59.2 Å². The Morgan fingerprint density at radius 2 is 2.04 bits per heavy atom. The molecule has 0 radical (unpaired) electrons. The van der Waals surface area contributed by atoms with Crippen LogP contribution in [0.25, 0.3) is 21.5 Å². The van der Waals surface area contributed by atoms with E-state index in [4.69, 9.17) is 4.74 Å². The average molecular weight is 378 g/mol. The van der Waals surface area contributed by atoms with Crippen molar-refractivity contribution < 1.29 is 9.53 Å². The highest BCUT2D eigenvalue weighted by Crippen LogP contribution is 2.30. The Kier molecular flexibility index (Phi) is 4.60. The first-order valence-corrected chi connectivity index (χ1v) is 9.41. The summed E-state index contributed by atoms with van der Waals surface area (Å²) in [5.74, 6) is 0.659. The molecule has 0 unspecified atom stereocenters. The number of aryl methyl sites for hydroxylation is 1. The number of hydrogen-bond acceptors (Lipinski definition) is 5. The zero-order valence-electron chi connectivity index (χ0n) is 14.9. The summed E-state index contributed by atoms with van der Waals surface area (Å²) in [7, 11) is 0. The van der Waals surface area contributed by atoms with Gasteiger partial charge in [-0.1, -0.05) is 0 Å². The molecule has 27 heavy (non-hydrogen) atoms. The predicted molar refractivity (Wildman–Crippen MR) is 108 cm³/mol. The highest BCUT2D eigenvalue weighted by Gasteiger charge is 2.17. The fourth-order valence-electron chi connectivity index (χ4n) is 2.80. The van der Waals surface area contributed by atoms with Gasteiger partial charge in [0, 0.05) is 16.6 Å². The largest absolute Gasteiger partial charge is 0.494 e. The normalized spacial score (nSPS) is 10.9. The lowest BCUT2D eigenvalue weighted by molar-refractivity contribution is 0.103. The third kappa shape index (κ3) is 3.54. The molecule has 0 aliphatic rings. The van der Waals surface area contributed by atoms with Crippen LogP contribution in [0.5, 0.6) is 5.75 Å². The molecule has 0 spiro atoms. The third-order valence-corrected chi connectivity index (χ3v) is 5.32. The van der Waals surface area contributed by atoms with Gasteiger partial charge >= 0.3 is 0 Å². The van der Waals surface area contributed by atoms with Crippen LogP contribution in [0.3, 0.4) is 0 Å². The second kappa shape index (κ2) is 7.20. The van der Waals surface area contributed by atoms with Crippen LogP contribution >= 0.6 is 11.3 Å². The number of nitrogens with one attached hydrogen (secondary N) is 2. The van der Waals surface area contributed by atoms with Gasteiger partial charge in [-0.2, -0.15) is 5.10 Å². The minimum Gasteiger partial charge on any atom is -0.494 e. The molecule has 0 bridgehead atoms. The number of amides is 1. The van der Waals surface area contributed by atoms with Crippen molar-refractivity contribution in [2.75, 3.05) is 11.9 Å². The topological polar surface area (TPSA) is 79.9 Å². The number of aromatic nitrogens is 3. The first kappa shape index (κ1) is 17.2. The minimum absolute atomic E-state index is 0.162. The zero-order valence-corrected chi connectivity index (χ0v) is 15.8. The number of carbonyl (C=O) groups is 1. The van der Waals surface area contributed by atoms with Gasteiger partial charge in [-0.15, -0.1) is 11.3 Å². The Bertz CT molecular complexity index is 1100. The van der Waals surface area contributed by atoms with E-state index in [1.807, 2.05) is 56.3 Å². The molecule has 0 saturated carbocycles. The van der Waals surface area contributed by atoms with Gasteiger partial charge < -0.3 is 10.1 Å². The summed E-state index contributed by atoms with van der Waals surface area (Å²) in [5.41, 5.74) is 3.33. The van der Waals surface area contributed by atoms with Crippen LogP contribution in [0.15, 0.2) is 48.7 Å². The minimum atomic E-state index is -0.162. The Morgan fingerprint density at radius 1 is 1.22 bits per heavy atom. The fourth-order valence-corrected chi connectivity index (χ4v) is 3.77. The highest BCUT2D eigenvalue weighted by molar-refractivity contribution is 7.17. The van der Waals surface area contributed by atoms with Gasteiger partial charge in [-0.25, -0.2) is 4.98 Å². The van der Waals surface area contributed by atoms with Crippen LogP contribution in [0.2, 0.25) is 0 Å². The van der Waals surface area contributed by atoms with Crippen molar-refractivity contribution in [3.63, 3.8) is 0 Å². The maximum absolute atomic E-state index is 12.7. The van der Waals surface area contributed by atoms with E-state index < -0.39 is 0 Å². The molecule has 4 aromatic rings. The number of H-pyrrole nitrogens is 1. The summed E-state index contributed by atoms with van der Waals surface area (Å²) in [6, 6.07) is 13.4. The van der Waals surface area contributed by atoms with E-state index >= 15 is 0 Å². The van der Waals surface area contributed by atoms with Crippen LogP contribution in [-0.4, -0.2) is 27.7 Å². The summed E-state index contributed by atoms with van der Waals surface area (Å²) in [6.45, 7) is 4.43. The highest BCUT2D eigenvalue weighted by atomic mass is 32.1. The van der Waals surface area contributed by atoms with Gasteiger partial charge in [-0.05, 0) is 56.3 Å². The van der Waals surface area contributed by atoms with Gasteiger partial charge in [0.05, 0.1) is 24.0 Å². The van der Waals surface area contributed by atoms with Crippen molar-refractivity contribution in [2.24, 2.45) is 0 Å². The lowest BCUT2D eigenvalue weighted by atomic mass is 10.2. The molecular formula is C20H18N4O2S. The first-order valence-electron chi connectivity index (χ1n) is 8.59. The van der Waals surface area contributed by atoms with Crippen molar-refractivity contribution in [3.8, 4) is 16.3 Å². The Morgan fingerprint density at radius 3 is 2.81 bits per heavy atom. The molecule has 4 rings (SSSR count). The maximum atomic E-state index is 12.7. The molecule has 0 saturated heterocycles. The number of carbonyl (C=O) groups excluding carboxylic acids is 1. The second-order valence-electron chi connectivity index (χ2n) is 6.02. The van der Waals surface area contributed by atoms with Crippen molar-refractivity contribution >= 4 is 33.8 Å². The summed E-state index contributed by atoms with van der Waals surface area (Å²) < 4.78 is 5.47. The summed E-state index contributed by atoms with van der Waals surface area (Å²) in [4.78, 5) is 17.9. The molecule has 0 aliphatic heterocycles. The molecule has 2 heterocycles. The van der Waals surface area contributed by atoms with E-state index in [1.165, 1.54) is 11.3 Å². The molecule has 0 fully saturated rings. The Balaban J connectivity index is 1.55. The SMILES string of the molecule is CCOc1ccc(-c2nc(C)c(C(=O)Nc3ccc4[nH]ncc4c3)s2)cc1. The van der Waals surface area contributed by atoms with Gasteiger partial charge in [0.2, 0.25) is 0 Å². The molecule has 0 atom stereocenters. The average Bonchev–Trinajstić information content (AvgIpc) is 3.28. The molecule has 7 heteroatoms. The number of thiazole rings is 1. The smallest absolute Gasteiger partial charge is 0.267 e. The molecule has 2 N–H and O–H groups in total. The summed E-state index contributed by atoms with van der Waals surface area (Å²) >= 11 is 1.38. The van der Waals surface area contributed by atoms with E-state index in [-0.39, 0.29) is 5.91 Å². The third-order valence-electron chi connectivity index (χ3n) is 4.11. The maximum Gasteiger partial charge on any atom is 0.267 e. The van der Waals surface area contributed by atoms with Crippen LogP contribution in [0, 0.1) is 6.92 Å². The Hall–Kier alpha value is -3.19. The number of ether oxygens (including phenoxy) is 1. The van der Waals surface area contributed by atoms with Gasteiger partial charge in [-0.3, -0.25) is 9.89 Å². The van der Waals surface area contributed by atoms with Gasteiger partial charge in [0.1, 0.15) is 15.6 Å². The van der Waals surface area contributed by atoms with Crippen molar-refractivity contribution in [2.45, 2.75) is 13.8 Å². The predicted octanol–water partition coefficient (Wildman–Crippen LogP) is 4.65.